The van der Waals surface area contributed by atoms with Crippen LogP contribution < -0.4 is 9.64 Å². The van der Waals surface area contributed by atoms with E-state index in [2.05, 4.69) is 21.4 Å². The number of ether oxygens (including phenoxy) is 1. The summed E-state index contributed by atoms with van der Waals surface area (Å²) in [4.78, 5) is 29.7. The zero-order chi connectivity index (χ0) is 33.1. The van der Waals surface area contributed by atoms with Crippen molar-refractivity contribution >= 4 is 33.5 Å². The van der Waals surface area contributed by atoms with Crippen molar-refractivity contribution in [1.29, 1.82) is 0 Å². The van der Waals surface area contributed by atoms with E-state index in [0.29, 0.717) is 54.6 Å². The molecule has 3 fully saturated rings. The summed E-state index contributed by atoms with van der Waals surface area (Å²) < 4.78 is 52.4. The first-order valence-corrected chi connectivity index (χ1v) is 16.0. The predicted molar refractivity (Wildman–Crippen MR) is 171 cm³/mol. The van der Waals surface area contributed by atoms with Crippen LogP contribution in [0.1, 0.15) is 44.6 Å². The quantitative estimate of drug-likeness (QED) is 0.216. The van der Waals surface area contributed by atoms with Crippen LogP contribution in [0.4, 0.5) is 19.0 Å². The second kappa shape index (κ2) is 11.7. The van der Waals surface area contributed by atoms with Gasteiger partial charge in [-0.1, -0.05) is 19.1 Å². The fourth-order valence-electron chi connectivity index (χ4n) is 7.82. The van der Waals surface area contributed by atoms with Crippen LogP contribution in [0, 0.1) is 17.0 Å². The highest BCUT2D eigenvalue weighted by Gasteiger charge is 2.49. The molecule has 4 aromatic rings. The number of anilines is 1. The number of aliphatic carboxylic acids is 1. The number of phenolic OH excluding ortho intramolecular Hbond substituents is 1. The van der Waals surface area contributed by atoms with Crippen molar-refractivity contribution in [3.63, 3.8) is 0 Å². The Labute approximate surface area is 269 Å². The minimum atomic E-state index is -1.09. The lowest BCUT2D eigenvalue weighted by atomic mass is 9.78. The molecule has 3 aliphatic rings. The number of pyridine rings is 1. The molecule has 2 N–H and O–H groups in total. The minimum absolute atomic E-state index is 0.0877. The van der Waals surface area contributed by atoms with Crippen LogP contribution in [0.25, 0.3) is 32.9 Å². The molecule has 246 valence electrons. The average molecular weight is 648 g/mol. The summed E-state index contributed by atoms with van der Waals surface area (Å²) in [6.07, 6.45) is 4.83. The number of carboxylic acids is 1. The molecule has 3 saturated heterocycles. The standard InChI is InChI=1S/C35H36F3N5O4/c1-3-23-26(37)7-6-20-14-22(44)15-24(27(20)23)29-28(38)30-25(17-39-29)31(42-12-9-34(4-2,10-13-42)32(45)46)41-33(40-30)47-19-35-8-5-11-43(35)18-21(36)16-35/h4,6-7,14-15,17,21,44H,2-3,5,8-13,16,18-19H2,1H3,(H,45,46)/t21-,35+/m1/s1. The number of carboxylic acid groups (broad SMARTS) is 1. The van der Waals surface area contributed by atoms with Crippen molar-refractivity contribution < 1.29 is 32.9 Å². The molecular formula is C35H36F3N5O4. The molecule has 2 atom stereocenters. The van der Waals surface area contributed by atoms with Crippen molar-refractivity contribution in [3.8, 4) is 23.0 Å². The Morgan fingerprint density at radius 2 is 1.96 bits per heavy atom. The van der Waals surface area contributed by atoms with Gasteiger partial charge in [0.1, 0.15) is 41.4 Å². The molecule has 0 unspecified atom stereocenters. The van der Waals surface area contributed by atoms with Crippen molar-refractivity contribution in [2.24, 2.45) is 5.41 Å². The summed E-state index contributed by atoms with van der Waals surface area (Å²) in [5.41, 5.74) is -1.21. The van der Waals surface area contributed by atoms with E-state index in [0.717, 1.165) is 19.4 Å². The smallest absolute Gasteiger partial charge is 0.319 e. The Bertz CT molecular complexity index is 1910. The van der Waals surface area contributed by atoms with E-state index in [4.69, 9.17) is 9.72 Å². The summed E-state index contributed by atoms with van der Waals surface area (Å²) in [7, 11) is 0. The Balaban J connectivity index is 1.36. The van der Waals surface area contributed by atoms with Gasteiger partial charge in [-0.25, -0.2) is 13.2 Å². The number of alkyl halides is 1. The van der Waals surface area contributed by atoms with Gasteiger partial charge in [0.2, 0.25) is 0 Å². The van der Waals surface area contributed by atoms with Crippen molar-refractivity contribution in [3.05, 3.63) is 60.3 Å². The van der Waals surface area contributed by atoms with Gasteiger partial charge in [-0.05, 0) is 73.2 Å². The Morgan fingerprint density at radius 3 is 2.68 bits per heavy atom. The monoisotopic (exact) mass is 647 g/mol. The number of rotatable bonds is 8. The normalized spacial score (nSPS) is 22.6. The minimum Gasteiger partial charge on any atom is -0.508 e. The fourth-order valence-corrected chi connectivity index (χ4v) is 7.82. The molecule has 12 heteroatoms. The number of aryl methyl sites for hydroxylation is 1. The zero-order valence-electron chi connectivity index (χ0n) is 26.1. The first-order chi connectivity index (χ1) is 22.6. The van der Waals surface area contributed by atoms with Gasteiger partial charge < -0.3 is 19.8 Å². The molecule has 0 spiro atoms. The molecule has 0 aliphatic carbocycles. The van der Waals surface area contributed by atoms with Gasteiger partial charge in [-0.2, -0.15) is 9.97 Å². The molecule has 9 nitrogen and oxygen atoms in total. The topological polar surface area (TPSA) is 112 Å². The van der Waals surface area contributed by atoms with E-state index >= 15 is 4.39 Å². The van der Waals surface area contributed by atoms with E-state index in [9.17, 15) is 23.8 Å². The number of hydrogen-bond donors (Lipinski definition) is 2. The van der Waals surface area contributed by atoms with E-state index in [1.54, 1.807) is 6.92 Å². The number of fused-ring (bicyclic) bond motifs is 3. The Morgan fingerprint density at radius 1 is 1.17 bits per heavy atom. The number of halogens is 3. The second-order valence-corrected chi connectivity index (χ2v) is 13.0. The lowest BCUT2D eigenvalue weighted by Crippen LogP contribution is -2.44. The van der Waals surface area contributed by atoms with Crippen LogP contribution in [-0.4, -0.2) is 80.5 Å². The lowest BCUT2D eigenvalue weighted by Gasteiger charge is -2.38. The van der Waals surface area contributed by atoms with Crippen LogP contribution in [0.3, 0.4) is 0 Å². The summed E-state index contributed by atoms with van der Waals surface area (Å²) in [5, 5.41) is 21.7. The van der Waals surface area contributed by atoms with Crippen molar-refractivity contribution in [2.45, 2.75) is 57.2 Å². The summed E-state index contributed by atoms with van der Waals surface area (Å²) >= 11 is 0. The summed E-state index contributed by atoms with van der Waals surface area (Å²) in [5.74, 6) is -2.00. The van der Waals surface area contributed by atoms with Crippen molar-refractivity contribution in [2.75, 3.05) is 37.7 Å². The predicted octanol–water partition coefficient (Wildman–Crippen LogP) is 6.20. The molecule has 0 amide bonds. The maximum absolute atomic E-state index is 16.8. The zero-order valence-corrected chi connectivity index (χ0v) is 26.1. The molecule has 0 bridgehead atoms. The van der Waals surface area contributed by atoms with Crippen molar-refractivity contribution in [1.82, 2.24) is 19.9 Å². The number of aromatic hydroxyl groups is 1. The molecule has 3 aliphatic heterocycles. The molecule has 5 heterocycles. The number of carbonyl (C=O) groups is 1. The molecular weight excluding hydrogens is 611 g/mol. The lowest BCUT2D eigenvalue weighted by molar-refractivity contribution is -0.147. The van der Waals surface area contributed by atoms with E-state index in [1.807, 2.05) is 4.90 Å². The van der Waals surface area contributed by atoms with Gasteiger partial charge in [0.25, 0.3) is 0 Å². The van der Waals surface area contributed by atoms with Crippen LogP contribution in [0.15, 0.2) is 43.1 Å². The van der Waals surface area contributed by atoms with E-state index < -0.39 is 34.7 Å². The molecule has 47 heavy (non-hydrogen) atoms. The third-order valence-corrected chi connectivity index (χ3v) is 10.4. The van der Waals surface area contributed by atoms with Gasteiger partial charge in [-0.3, -0.25) is 14.7 Å². The molecule has 2 aromatic carbocycles. The van der Waals surface area contributed by atoms with Crippen LogP contribution >= 0.6 is 0 Å². The number of benzene rings is 2. The summed E-state index contributed by atoms with van der Waals surface area (Å²) in [6.45, 7) is 7.39. The SMILES string of the molecule is C=CC1(C(=O)O)CCN(c2nc(OC[C@@]34CCCN3C[C@H](F)C4)nc3c(F)c(-c4cc(O)cc5ccc(F)c(CC)c45)ncc23)CC1. The third kappa shape index (κ3) is 5.13. The highest BCUT2D eigenvalue weighted by atomic mass is 19.1. The fraction of sp³-hybridized carbons (Fsp3) is 0.429. The summed E-state index contributed by atoms with van der Waals surface area (Å²) in [6, 6.07) is 5.63. The Hall–Kier alpha value is -4.45. The van der Waals surface area contributed by atoms with Gasteiger partial charge >= 0.3 is 12.0 Å². The number of hydrogen-bond acceptors (Lipinski definition) is 8. The largest absolute Gasteiger partial charge is 0.508 e. The van der Waals surface area contributed by atoms with Gasteiger partial charge in [0, 0.05) is 37.8 Å². The maximum atomic E-state index is 16.8. The van der Waals surface area contributed by atoms with Gasteiger partial charge in [-0.15, -0.1) is 6.58 Å². The van der Waals surface area contributed by atoms with E-state index in [1.165, 1.54) is 36.5 Å². The number of aromatic nitrogens is 3. The average Bonchev–Trinajstić information content (AvgIpc) is 3.59. The first-order valence-electron chi connectivity index (χ1n) is 16.0. The maximum Gasteiger partial charge on any atom is 0.319 e. The number of piperidine rings is 1. The molecule has 0 saturated carbocycles. The van der Waals surface area contributed by atoms with Gasteiger partial charge in [0.05, 0.1) is 16.3 Å². The highest BCUT2D eigenvalue weighted by Crippen LogP contribution is 2.43. The second-order valence-electron chi connectivity index (χ2n) is 13.0. The molecule has 2 aromatic heterocycles. The van der Waals surface area contributed by atoms with Crippen LogP contribution in [0.2, 0.25) is 0 Å². The highest BCUT2D eigenvalue weighted by molar-refractivity contribution is 6.01. The third-order valence-electron chi connectivity index (χ3n) is 10.4. The van der Waals surface area contributed by atoms with Gasteiger partial charge in [0.15, 0.2) is 5.82 Å². The number of phenols is 1. The molecule has 7 rings (SSSR count). The first kappa shape index (κ1) is 31.2. The molecule has 0 radical (unpaired) electrons. The Kier molecular flexibility index (Phi) is 7.73. The van der Waals surface area contributed by atoms with Crippen LogP contribution in [-0.2, 0) is 11.2 Å². The van der Waals surface area contributed by atoms with Crippen LogP contribution in [0.5, 0.6) is 11.8 Å². The van der Waals surface area contributed by atoms with E-state index in [-0.39, 0.29) is 53.4 Å². The number of nitrogens with zero attached hydrogens (tertiary/aromatic N) is 5.